The molecule has 0 saturated heterocycles. The molecule has 0 bridgehead atoms. The zero-order valence-electron chi connectivity index (χ0n) is 15.6. The van der Waals surface area contributed by atoms with Gasteiger partial charge in [0.05, 0.1) is 17.9 Å². The molecule has 5 nitrogen and oxygen atoms in total. The van der Waals surface area contributed by atoms with Crippen molar-refractivity contribution in [2.24, 2.45) is 0 Å². The maximum absolute atomic E-state index is 13.1. The highest BCUT2D eigenvalue weighted by Crippen LogP contribution is 2.25. The number of benzene rings is 2. The molecule has 3 aromatic rings. The van der Waals surface area contributed by atoms with Crippen LogP contribution >= 0.6 is 0 Å². The average Bonchev–Trinajstić information content (AvgIpc) is 2.74. The second kappa shape index (κ2) is 7.76. The van der Waals surface area contributed by atoms with Crippen LogP contribution in [0.2, 0.25) is 0 Å². The van der Waals surface area contributed by atoms with Gasteiger partial charge >= 0.3 is 0 Å². The first-order valence-electron chi connectivity index (χ1n) is 9.27. The Morgan fingerprint density at radius 1 is 1.18 bits per heavy atom. The number of amides is 1. The molecular formula is C22H20FN3O2. The van der Waals surface area contributed by atoms with E-state index >= 15 is 0 Å². The number of halogens is 1. The zero-order chi connectivity index (χ0) is 19.5. The van der Waals surface area contributed by atoms with E-state index in [2.05, 4.69) is 9.97 Å². The van der Waals surface area contributed by atoms with Crippen LogP contribution in [0.15, 0.2) is 54.7 Å². The third-order valence-electron chi connectivity index (χ3n) is 4.74. The summed E-state index contributed by atoms with van der Waals surface area (Å²) in [6.07, 6.45) is 2.41. The SMILES string of the molecule is CCOc1ccccc1C(=O)N1CCc2nc(-c3ccc(F)cc3)ncc2C1. The van der Waals surface area contributed by atoms with Gasteiger partial charge in [0.15, 0.2) is 5.82 Å². The Morgan fingerprint density at radius 3 is 2.75 bits per heavy atom. The van der Waals surface area contributed by atoms with Crippen molar-refractivity contribution < 1.29 is 13.9 Å². The number of para-hydroxylation sites is 1. The number of aromatic nitrogens is 2. The number of hydrogen-bond acceptors (Lipinski definition) is 4. The summed E-state index contributed by atoms with van der Waals surface area (Å²) in [6.45, 7) is 3.44. The van der Waals surface area contributed by atoms with Crippen LogP contribution in [0.3, 0.4) is 0 Å². The van der Waals surface area contributed by atoms with Gasteiger partial charge in [-0.15, -0.1) is 0 Å². The van der Waals surface area contributed by atoms with E-state index in [9.17, 15) is 9.18 Å². The van der Waals surface area contributed by atoms with Gasteiger partial charge in [-0.2, -0.15) is 0 Å². The summed E-state index contributed by atoms with van der Waals surface area (Å²) in [6, 6.07) is 13.4. The lowest BCUT2D eigenvalue weighted by Gasteiger charge is -2.28. The number of fused-ring (bicyclic) bond motifs is 1. The maximum atomic E-state index is 13.1. The number of rotatable bonds is 4. The Balaban J connectivity index is 1.55. The third-order valence-corrected chi connectivity index (χ3v) is 4.74. The maximum Gasteiger partial charge on any atom is 0.257 e. The Morgan fingerprint density at radius 2 is 1.96 bits per heavy atom. The molecule has 142 valence electrons. The second-order valence-corrected chi connectivity index (χ2v) is 6.58. The van der Waals surface area contributed by atoms with Gasteiger partial charge in [0, 0.05) is 36.8 Å². The van der Waals surface area contributed by atoms with Crippen molar-refractivity contribution >= 4 is 5.91 Å². The van der Waals surface area contributed by atoms with E-state index in [1.165, 1.54) is 12.1 Å². The monoisotopic (exact) mass is 377 g/mol. The molecule has 1 aliphatic rings. The molecule has 0 N–H and O–H groups in total. The van der Waals surface area contributed by atoms with Crippen LogP contribution in [0.1, 0.15) is 28.5 Å². The summed E-state index contributed by atoms with van der Waals surface area (Å²) in [7, 11) is 0. The normalized spacial score (nSPS) is 13.1. The summed E-state index contributed by atoms with van der Waals surface area (Å²) in [5.41, 5.74) is 3.20. The van der Waals surface area contributed by atoms with E-state index in [4.69, 9.17) is 4.74 Å². The molecule has 0 fully saturated rings. The van der Waals surface area contributed by atoms with Crippen molar-refractivity contribution in [2.45, 2.75) is 19.9 Å². The topological polar surface area (TPSA) is 55.3 Å². The summed E-state index contributed by atoms with van der Waals surface area (Å²) in [5.74, 6) is 0.824. The first kappa shape index (κ1) is 18.1. The van der Waals surface area contributed by atoms with Gasteiger partial charge in [-0.05, 0) is 43.3 Å². The van der Waals surface area contributed by atoms with Gasteiger partial charge in [-0.25, -0.2) is 14.4 Å². The fourth-order valence-electron chi connectivity index (χ4n) is 3.32. The number of ether oxygens (including phenoxy) is 1. The molecule has 1 aliphatic heterocycles. The molecule has 0 spiro atoms. The smallest absolute Gasteiger partial charge is 0.257 e. The summed E-state index contributed by atoms with van der Waals surface area (Å²) >= 11 is 0. The molecule has 4 rings (SSSR count). The van der Waals surface area contributed by atoms with Gasteiger partial charge < -0.3 is 9.64 Å². The minimum Gasteiger partial charge on any atom is -0.493 e. The van der Waals surface area contributed by atoms with Gasteiger partial charge in [0.25, 0.3) is 5.91 Å². The number of nitrogens with zero attached hydrogens (tertiary/aromatic N) is 3. The van der Waals surface area contributed by atoms with Gasteiger partial charge in [0.1, 0.15) is 11.6 Å². The molecule has 0 unspecified atom stereocenters. The van der Waals surface area contributed by atoms with Gasteiger partial charge in [0.2, 0.25) is 0 Å². The minimum atomic E-state index is -0.289. The van der Waals surface area contributed by atoms with Crippen LogP contribution in [-0.2, 0) is 13.0 Å². The molecule has 2 heterocycles. The summed E-state index contributed by atoms with van der Waals surface area (Å²) in [5, 5.41) is 0. The lowest BCUT2D eigenvalue weighted by atomic mass is 10.0. The Bertz CT molecular complexity index is 1000. The molecule has 0 aliphatic carbocycles. The standard InChI is InChI=1S/C22H20FN3O2/c1-2-28-20-6-4-3-5-18(20)22(27)26-12-11-19-16(14-26)13-24-21(25-19)15-7-9-17(23)10-8-15/h3-10,13H,2,11-12,14H2,1H3. The largest absolute Gasteiger partial charge is 0.493 e. The van der Waals surface area contributed by atoms with Crippen molar-refractivity contribution in [3.63, 3.8) is 0 Å². The van der Waals surface area contributed by atoms with Crippen LogP contribution in [0, 0.1) is 5.82 Å². The fourth-order valence-corrected chi connectivity index (χ4v) is 3.32. The second-order valence-electron chi connectivity index (χ2n) is 6.58. The predicted molar refractivity (Wildman–Crippen MR) is 103 cm³/mol. The zero-order valence-corrected chi connectivity index (χ0v) is 15.6. The lowest BCUT2D eigenvalue weighted by Crippen LogP contribution is -2.36. The summed E-state index contributed by atoms with van der Waals surface area (Å²) in [4.78, 5) is 23.8. The molecule has 0 saturated carbocycles. The quantitative estimate of drug-likeness (QED) is 0.692. The van der Waals surface area contributed by atoms with Crippen LogP contribution in [0.5, 0.6) is 5.75 Å². The third kappa shape index (κ3) is 3.58. The van der Waals surface area contributed by atoms with Crippen LogP contribution in [0.4, 0.5) is 4.39 Å². The van der Waals surface area contributed by atoms with Gasteiger partial charge in [-0.1, -0.05) is 12.1 Å². The Hall–Kier alpha value is -3.28. The lowest BCUT2D eigenvalue weighted by molar-refractivity contribution is 0.0729. The molecular weight excluding hydrogens is 357 g/mol. The highest BCUT2D eigenvalue weighted by Gasteiger charge is 2.25. The fraction of sp³-hybridized carbons (Fsp3) is 0.227. The number of hydrogen-bond donors (Lipinski definition) is 0. The van der Waals surface area contributed by atoms with Crippen molar-refractivity contribution in [3.05, 3.63) is 77.4 Å². The van der Waals surface area contributed by atoms with Crippen molar-refractivity contribution in [3.8, 4) is 17.1 Å². The van der Waals surface area contributed by atoms with Crippen molar-refractivity contribution in [1.82, 2.24) is 14.9 Å². The summed E-state index contributed by atoms with van der Waals surface area (Å²) < 4.78 is 18.7. The highest BCUT2D eigenvalue weighted by atomic mass is 19.1. The van der Waals surface area contributed by atoms with E-state index in [-0.39, 0.29) is 11.7 Å². The van der Waals surface area contributed by atoms with E-state index in [0.717, 1.165) is 16.8 Å². The number of carbonyl (C=O) groups excluding carboxylic acids is 1. The van der Waals surface area contributed by atoms with E-state index in [0.29, 0.717) is 43.3 Å². The van der Waals surface area contributed by atoms with Crippen molar-refractivity contribution in [2.75, 3.05) is 13.2 Å². The van der Waals surface area contributed by atoms with Crippen LogP contribution < -0.4 is 4.74 Å². The molecule has 2 aromatic carbocycles. The molecule has 6 heteroatoms. The molecule has 28 heavy (non-hydrogen) atoms. The van der Waals surface area contributed by atoms with E-state index in [1.54, 1.807) is 29.3 Å². The van der Waals surface area contributed by atoms with Crippen LogP contribution in [0.25, 0.3) is 11.4 Å². The Labute approximate surface area is 162 Å². The number of carbonyl (C=O) groups is 1. The van der Waals surface area contributed by atoms with Gasteiger partial charge in [-0.3, -0.25) is 4.79 Å². The molecule has 1 aromatic heterocycles. The highest BCUT2D eigenvalue weighted by molar-refractivity contribution is 5.97. The minimum absolute atomic E-state index is 0.0580. The van der Waals surface area contributed by atoms with E-state index < -0.39 is 0 Å². The molecule has 0 atom stereocenters. The first-order valence-corrected chi connectivity index (χ1v) is 9.27. The Kier molecular flexibility index (Phi) is 5.02. The van der Waals surface area contributed by atoms with Crippen LogP contribution in [-0.4, -0.2) is 33.9 Å². The average molecular weight is 377 g/mol. The predicted octanol–water partition coefficient (Wildman–Crippen LogP) is 3.88. The van der Waals surface area contributed by atoms with E-state index in [1.807, 2.05) is 25.1 Å². The molecule has 1 amide bonds. The van der Waals surface area contributed by atoms with Crippen molar-refractivity contribution in [1.29, 1.82) is 0 Å². The molecule has 0 radical (unpaired) electrons. The first-order chi connectivity index (χ1) is 13.7.